The lowest BCUT2D eigenvalue weighted by molar-refractivity contribution is 0.447. The van der Waals surface area contributed by atoms with Crippen molar-refractivity contribution in [2.24, 2.45) is 0 Å². The second-order valence-corrected chi connectivity index (χ2v) is 5.98. The van der Waals surface area contributed by atoms with Crippen LogP contribution < -0.4 is 10.0 Å². The highest BCUT2D eigenvalue weighted by molar-refractivity contribution is 7.89. The fraction of sp³-hybridized carbons (Fsp3) is 0.500. The molecule has 2 heterocycles. The van der Waals surface area contributed by atoms with Gasteiger partial charge in [0, 0.05) is 18.3 Å². The van der Waals surface area contributed by atoms with Gasteiger partial charge in [0.25, 0.3) is 10.0 Å². The first-order chi connectivity index (χ1) is 7.93. The molecule has 0 spiro atoms. The van der Waals surface area contributed by atoms with Gasteiger partial charge in [-0.15, -0.1) is 0 Å². The van der Waals surface area contributed by atoms with Crippen LogP contribution >= 0.6 is 0 Å². The Hall–Kier alpha value is -1.05. The summed E-state index contributed by atoms with van der Waals surface area (Å²) in [6, 6.07) is 2.43. The Morgan fingerprint density at radius 1 is 1.59 bits per heavy atom. The molecule has 1 aromatic rings. The number of aromatic nitrogens is 1. The second-order valence-electron chi connectivity index (χ2n) is 4.38. The molecule has 5 nitrogen and oxygen atoms in total. The first kappa shape index (κ1) is 12.4. The van der Waals surface area contributed by atoms with Gasteiger partial charge in [-0.1, -0.05) is 0 Å². The molecule has 94 valence electrons. The monoisotopic (exact) mass is 259 g/mol. The molecule has 0 radical (unpaired) electrons. The van der Waals surface area contributed by atoms with Crippen molar-refractivity contribution >= 4 is 10.0 Å². The second kappa shape index (κ2) is 4.32. The van der Waals surface area contributed by atoms with E-state index in [9.17, 15) is 12.8 Å². The number of halogens is 1. The Bertz CT molecular complexity index is 512. The molecule has 1 aliphatic rings. The maximum Gasteiger partial charge on any atom is 0.261 e. The summed E-state index contributed by atoms with van der Waals surface area (Å²) in [5.74, 6) is -0.838. The van der Waals surface area contributed by atoms with Gasteiger partial charge in [-0.25, -0.2) is 22.5 Å². The van der Waals surface area contributed by atoms with E-state index in [2.05, 4.69) is 15.0 Å². The van der Waals surface area contributed by atoms with Crippen molar-refractivity contribution in [2.75, 3.05) is 13.1 Å². The summed E-state index contributed by atoms with van der Waals surface area (Å²) in [6.45, 7) is 3.05. The van der Waals surface area contributed by atoms with Crippen LogP contribution in [0.3, 0.4) is 0 Å². The van der Waals surface area contributed by atoms with Gasteiger partial charge in [-0.2, -0.15) is 0 Å². The SMILES string of the molecule is CC1(NS(=O)(=O)c2ncccc2F)CCNC1. The van der Waals surface area contributed by atoms with E-state index in [-0.39, 0.29) is 0 Å². The number of pyridine rings is 1. The van der Waals surface area contributed by atoms with E-state index in [1.54, 1.807) is 6.92 Å². The van der Waals surface area contributed by atoms with Gasteiger partial charge in [0.05, 0.1) is 0 Å². The minimum Gasteiger partial charge on any atom is -0.315 e. The van der Waals surface area contributed by atoms with Gasteiger partial charge in [0.1, 0.15) is 0 Å². The maximum atomic E-state index is 13.4. The van der Waals surface area contributed by atoms with Crippen LogP contribution in [0.2, 0.25) is 0 Å². The molecule has 1 aliphatic heterocycles. The molecule has 0 aromatic carbocycles. The number of nitrogens with one attached hydrogen (secondary N) is 2. The molecule has 1 saturated heterocycles. The van der Waals surface area contributed by atoms with E-state index in [1.807, 2.05) is 0 Å². The highest BCUT2D eigenvalue weighted by Crippen LogP contribution is 2.18. The van der Waals surface area contributed by atoms with Crippen LogP contribution in [0.5, 0.6) is 0 Å². The molecular weight excluding hydrogens is 245 g/mol. The molecule has 0 bridgehead atoms. The Kier molecular flexibility index (Phi) is 3.15. The molecule has 17 heavy (non-hydrogen) atoms. The fourth-order valence-electron chi connectivity index (χ4n) is 1.85. The van der Waals surface area contributed by atoms with Gasteiger partial charge < -0.3 is 5.32 Å². The van der Waals surface area contributed by atoms with Crippen molar-refractivity contribution in [3.8, 4) is 0 Å². The van der Waals surface area contributed by atoms with Gasteiger partial charge in [-0.05, 0) is 32.0 Å². The topological polar surface area (TPSA) is 71.1 Å². The third-order valence-electron chi connectivity index (χ3n) is 2.73. The van der Waals surface area contributed by atoms with Crippen molar-refractivity contribution in [1.29, 1.82) is 0 Å². The van der Waals surface area contributed by atoms with E-state index in [0.29, 0.717) is 13.0 Å². The Labute approximate surface area is 99.5 Å². The third kappa shape index (κ3) is 2.62. The first-order valence-corrected chi connectivity index (χ1v) is 6.77. The summed E-state index contributed by atoms with van der Waals surface area (Å²) in [4.78, 5) is 3.58. The predicted molar refractivity (Wildman–Crippen MR) is 60.4 cm³/mol. The number of sulfonamides is 1. The van der Waals surface area contributed by atoms with Crippen LogP contribution in [0.1, 0.15) is 13.3 Å². The Morgan fingerprint density at radius 3 is 2.94 bits per heavy atom. The lowest BCUT2D eigenvalue weighted by Gasteiger charge is -2.23. The highest BCUT2D eigenvalue weighted by atomic mass is 32.2. The zero-order valence-electron chi connectivity index (χ0n) is 9.40. The summed E-state index contributed by atoms with van der Waals surface area (Å²) in [6.07, 6.45) is 1.92. The average Bonchev–Trinajstić information content (AvgIpc) is 2.64. The van der Waals surface area contributed by atoms with Gasteiger partial charge in [0.2, 0.25) is 5.03 Å². The standard InChI is InChI=1S/C10H14FN3O2S/c1-10(4-6-12-7-10)14-17(15,16)9-8(11)3-2-5-13-9/h2-3,5,12,14H,4,6-7H2,1H3. The van der Waals surface area contributed by atoms with Gasteiger partial charge in [-0.3, -0.25) is 0 Å². The summed E-state index contributed by atoms with van der Waals surface area (Å²) in [7, 11) is -3.91. The summed E-state index contributed by atoms with van der Waals surface area (Å²) < 4.78 is 39.8. The molecular formula is C10H14FN3O2S. The van der Waals surface area contributed by atoms with Crippen LogP contribution in [0.15, 0.2) is 23.4 Å². The smallest absolute Gasteiger partial charge is 0.261 e. The number of hydrogen-bond donors (Lipinski definition) is 2. The van der Waals surface area contributed by atoms with Crippen molar-refractivity contribution < 1.29 is 12.8 Å². The zero-order valence-corrected chi connectivity index (χ0v) is 10.2. The van der Waals surface area contributed by atoms with Crippen molar-refractivity contribution in [1.82, 2.24) is 15.0 Å². The maximum absolute atomic E-state index is 13.4. The molecule has 2 rings (SSSR count). The van der Waals surface area contributed by atoms with Crippen molar-refractivity contribution in [2.45, 2.75) is 23.9 Å². The highest BCUT2D eigenvalue weighted by Gasteiger charge is 2.35. The summed E-state index contributed by atoms with van der Waals surface area (Å²) in [5, 5.41) is 2.51. The van der Waals surface area contributed by atoms with Crippen LogP contribution in [0, 0.1) is 5.82 Å². The molecule has 0 amide bonds. The van der Waals surface area contributed by atoms with E-state index in [0.717, 1.165) is 12.6 Å². The molecule has 2 N–H and O–H groups in total. The van der Waals surface area contributed by atoms with Gasteiger partial charge in [0.15, 0.2) is 5.82 Å². The fourth-order valence-corrected chi connectivity index (χ4v) is 3.29. The van der Waals surface area contributed by atoms with Crippen molar-refractivity contribution in [3.05, 3.63) is 24.1 Å². The van der Waals surface area contributed by atoms with Gasteiger partial charge >= 0.3 is 0 Å². The number of nitrogens with zero attached hydrogens (tertiary/aromatic N) is 1. The molecule has 1 aromatic heterocycles. The molecule has 1 atom stereocenters. The Balaban J connectivity index is 2.28. The number of rotatable bonds is 3. The average molecular weight is 259 g/mol. The minimum atomic E-state index is -3.91. The molecule has 1 unspecified atom stereocenters. The molecule has 7 heteroatoms. The van der Waals surface area contributed by atoms with E-state index >= 15 is 0 Å². The van der Waals surface area contributed by atoms with Crippen LogP contribution in [-0.2, 0) is 10.0 Å². The molecule has 1 fully saturated rings. The minimum absolute atomic E-state index is 0.528. The van der Waals surface area contributed by atoms with E-state index in [4.69, 9.17) is 0 Å². The van der Waals surface area contributed by atoms with E-state index < -0.39 is 26.4 Å². The quantitative estimate of drug-likeness (QED) is 0.816. The van der Waals surface area contributed by atoms with Crippen molar-refractivity contribution in [3.63, 3.8) is 0 Å². The largest absolute Gasteiger partial charge is 0.315 e. The summed E-state index contributed by atoms with van der Waals surface area (Å²) in [5.41, 5.74) is -0.581. The molecule has 0 aliphatic carbocycles. The zero-order chi connectivity index (χ0) is 12.5. The predicted octanol–water partition coefficient (Wildman–Crippen LogP) is 0.251. The molecule has 0 saturated carbocycles. The lowest BCUT2D eigenvalue weighted by atomic mass is 10.0. The van der Waals surface area contributed by atoms with Crippen LogP contribution in [0.25, 0.3) is 0 Å². The number of hydrogen-bond acceptors (Lipinski definition) is 4. The van der Waals surface area contributed by atoms with E-state index in [1.165, 1.54) is 12.3 Å². The van der Waals surface area contributed by atoms with Crippen LogP contribution in [-0.4, -0.2) is 32.0 Å². The lowest BCUT2D eigenvalue weighted by Crippen LogP contribution is -2.47. The summed E-state index contributed by atoms with van der Waals surface area (Å²) >= 11 is 0. The Morgan fingerprint density at radius 2 is 2.35 bits per heavy atom. The van der Waals surface area contributed by atoms with Crippen LogP contribution in [0.4, 0.5) is 4.39 Å². The normalized spacial score (nSPS) is 25.1. The third-order valence-corrected chi connectivity index (χ3v) is 4.30. The first-order valence-electron chi connectivity index (χ1n) is 5.28.